The van der Waals surface area contributed by atoms with Gasteiger partial charge in [0.25, 0.3) is 0 Å². The van der Waals surface area contributed by atoms with E-state index in [1.54, 1.807) is 36.5 Å². The number of pyridine rings is 1. The highest BCUT2D eigenvalue weighted by Crippen LogP contribution is 2.33. The average Bonchev–Trinajstić information content (AvgIpc) is 2.78. The van der Waals surface area contributed by atoms with Gasteiger partial charge in [-0.05, 0) is 49.9 Å². The van der Waals surface area contributed by atoms with Crippen LogP contribution in [0.3, 0.4) is 0 Å². The molecular weight excluding hydrogens is 404 g/mol. The van der Waals surface area contributed by atoms with Gasteiger partial charge in [-0.1, -0.05) is 42.5 Å². The quantitative estimate of drug-likeness (QED) is 0.468. The van der Waals surface area contributed by atoms with Crippen molar-refractivity contribution in [2.24, 2.45) is 0 Å². The number of hydrogen-bond acceptors (Lipinski definition) is 5. The Balaban J connectivity index is 1.56. The van der Waals surface area contributed by atoms with Gasteiger partial charge in [-0.3, -0.25) is 9.78 Å². The molecule has 1 aliphatic rings. The first-order valence-electron chi connectivity index (χ1n) is 10.7. The van der Waals surface area contributed by atoms with E-state index in [9.17, 15) is 9.59 Å². The number of carbonyl (C=O) groups excluding carboxylic acids is 1. The number of carbonyl (C=O) groups is 1. The fourth-order valence-corrected chi connectivity index (χ4v) is 3.85. The van der Waals surface area contributed by atoms with Crippen molar-refractivity contribution in [2.45, 2.75) is 32.2 Å². The van der Waals surface area contributed by atoms with E-state index in [0.29, 0.717) is 39.3 Å². The molecule has 2 heterocycles. The molecule has 1 amide bonds. The zero-order valence-corrected chi connectivity index (χ0v) is 17.6. The maximum atomic E-state index is 13.5. The van der Waals surface area contributed by atoms with Crippen molar-refractivity contribution in [3.8, 4) is 28.2 Å². The highest BCUT2D eigenvalue weighted by molar-refractivity contribution is 5.89. The molecule has 32 heavy (non-hydrogen) atoms. The summed E-state index contributed by atoms with van der Waals surface area (Å²) in [7, 11) is 0. The first-order chi connectivity index (χ1) is 15.6. The summed E-state index contributed by atoms with van der Waals surface area (Å²) in [6.07, 6.45) is 4.26. The summed E-state index contributed by atoms with van der Waals surface area (Å²) in [5, 5.41) is 3.32. The zero-order chi connectivity index (χ0) is 22.1. The minimum absolute atomic E-state index is 0.132. The fourth-order valence-electron chi connectivity index (χ4n) is 3.85. The molecule has 0 unspecified atom stereocenters. The molecule has 4 aromatic rings. The summed E-state index contributed by atoms with van der Waals surface area (Å²) in [4.78, 5) is 29.8. The van der Waals surface area contributed by atoms with Crippen LogP contribution in [0.2, 0.25) is 0 Å². The summed E-state index contributed by atoms with van der Waals surface area (Å²) in [6, 6.07) is 18.3. The third-order valence-electron chi connectivity index (χ3n) is 5.80. The van der Waals surface area contributed by atoms with Crippen molar-refractivity contribution in [1.82, 2.24) is 10.3 Å². The lowest BCUT2D eigenvalue weighted by Crippen LogP contribution is -2.40. The van der Waals surface area contributed by atoms with Crippen molar-refractivity contribution in [3.05, 3.63) is 82.8 Å². The van der Waals surface area contributed by atoms with Crippen molar-refractivity contribution in [3.63, 3.8) is 0 Å². The van der Waals surface area contributed by atoms with Crippen LogP contribution in [-0.4, -0.2) is 17.1 Å². The Morgan fingerprint density at radius 1 is 1.03 bits per heavy atom. The van der Waals surface area contributed by atoms with Crippen LogP contribution < -0.4 is 15.5 Å². The number of aryl methyl sites for hydroxylation is 1. The molecule has 160 valence electrons. The summed E-state index contributed by atoms with van der Waals surface area (Å²) in [5.74, 6) is 0.896. The van der Waals surface area contributed by atoms with E-state index in [0.717, 1.165) is 24.8 Å². The largest absolute Gasteiger partial charge is 0.453 e. The molecule has 1 fully saturated rings. The predicted molar refractivity (Wildman–Crippen MR) is 123 cm³/mol. The maximum Gasteiger partial charge on any atom is 0.412 e. The van der Waals surface area contributed by atoms with Crippen LogP contribution in [0.5, 0.6) is 5.75 Å². The molecule has 0 bridgehead atoms. The molecule has 0 saturated heterocycles. The van der Waals surface area contributed by atoms with E-state index in [1.165, 1.54) is 0 Å². The lowest BCUT2D eigenvalue weighted by atomic mass is 9.93. The van der Waals surface area contributed by atoms with Gasteiger partial charge < -0.3 is 14.5 Å². The number of rotatable bonds is 4. The van der Waals surface area contributed by atoms with Gasteiger partial charge in [-0.15, -0.1) is 0 Å². The Kier molecular flexibility index (Phi) is 5.19. The summed E-state index contributed by atoms with van der Waals surface area (Å²) >= 11 is 0. The van der Waals surface area contributed by atoms with Crippen molar-refractivity contribution < 1.29 is 13.9 Å². The third-order valence-corrected chi connectivity index (χ3v) is 5.80. The van der Waals surface area contributed by atoms with Gasteiger partial charge in [-0.25, -0.2) is 4.79 Å². The van der Waals surface area contributed by atoms with Crippen molar-refractivity contribution in [2.75, 3.05) is 0 Å². The monoisotopic (exact) mass is 426 g/mol. The fraction of sp³-hybridized carbons (Fsp3) is 0.192. The highest BCUT2D eigenvalue weighted by atomic mass is 16.6. The summed E-state index contributed by atoms with van der Waals surface area (Å²) in [6.45, 7) is 1.82. The van der Waals surface area contributed by atoms with Crippen LogP contribution in [0.25, 0.3) is 33.4 Å². The van der Waals surface area contributed by atoms with Crippen LogP contribution >= 0.6 is 0 Å². The number of aromatic nitrogens is 1. The number of nitrogens with zero attached hydrogens (tertiary/aromatic N) is 1. The first kappa shape index (κ1) is 20.0. The molecule has 2 aromatic carbocycles. The van der Waals surface area contributed by atoms with Crippen LogP contribution in [-0.2, 0) is 0 Å². The Labute approximate surface area is 184 Å². The molecular formula is C26H22N2O4. The highest BCUT2D eigenvalue weighted by Gasteiger charge is 2.21. The number of hydrogen-bond donors (Lipinski definition) is 1. The molecule has 0 aliphatic heterocycles. The first-order valence-corrected chi connectivity index (χ1v) is 10.7. The molecule has 0 radical (unpaired) electrons. The Morgan fingerprint density at radius 3 is 2.47 bits per heavy atom. The molecule has 6 nitrogen and oxygen atoms in total. The van der Waals surface area contributed by atoms with Crippen molar-refractivity contribution >= 4 is 17.1 Å². The standard InChI is InChI=1S/C26H22N2O4/c1-16-24-21(14-15-27-16)23(29)22(25(32-24)18-6-3-2-4-7-18)17-10-12-20(13-11-17)31-26(30)28-19-8-5-9-19/h2-4,6-7,10-15,19H,5,8-9H2,1H3,(H,28,30). The number of fused-ring (bicyclic) bond motifs is 1. The second kappa shape index (κ2) is 8.30. The molecule has 2 aromatic heterocycles. The topological polar surface area (TPSA) is 81.4 Å². The number of ether oxygens (including phenoxy) is 1. The lowest BCUT2D eigenvalue weighted by molar-refractivity contribution is 0.188. The van der Waals surface area contributed by atoms with Crippen LogP contribution in [0.4, 0.5) is 4.79 Å². The summed E-state index contributed by atoms with van der Waals surface area (Å²) in [5.41, 5.74) is 2.94. The van der Waals surface area contributed by atoms with Gasteiger partial charge in [0, 0.05) is 17.8 Å². The van der Waals surface area contributed by atoms with E-state index in [1.807, 2.05) is 37.3 Å². The second-order valence-corrected chi connectivity index (χ2v) is 7.96. The number of benzene rings is 2. The normalized spacial score (nSPS) is 13.5. The SMILES string of the molecule is Cc1nccc2c(=O)c(-c3ccc(OC(=O)NC4CCC4)cc3)c(-c3ccccc3)oc12. The lowest BCUT2D eigenvalue weighted by Gasteiger charge is -2.25. The van der Waals surface area contributed by atoms with Gasteiger partial charge in [-0.2, -0.15) is 0 Å². The van der Waals surface area contributed by atoms with E-state index >= 15 is 0 Å². The number of amides is 1. The molecule has 0 spiro atoms. The predicted octanol–water partition coefficient (Wildman–Crippen LogP) is 5.47. The van der Waals surface area contributed by atoms with Gasteiger partial charge in [0.05, 0.1) is 16.6 Å². The summed E-state index contributed by atoms with van der Waals surface area (Å²) < 4.78 is 11.6. The van der Waals surface area contributed by atoms with Gasteiger partial charge >= 0.3 is 6.09 Å². The molecule has 6 heteroatoms. The Hall–Kier alpha value is -3.93. The zero-order valence-electron chi connectivity index (χ0n) is 17.6. The average molecular weight is 426 g/mol. The van der Waals surface area contributed by atoms with E-state index in [4.69, 9.17) is 9.15 Å². The van der Waals surface area contributed by atoms with E-state index in [2.05, 4.69) is 10.3 Å². The molecule has 1 aliphatic carbocycles. The molecule has 0 atom stereocenters. The van der Waals surface area contributed by atoms with Crippen molar-refractivity contribution in [1.29, 1.82) is 0 Å². The van der Waals surface area contributed by atoms with Crippen LogP contribution in [0.15, 0.2) is 76.1 Å². The van der Waals surface area contributed by atoms with Gasteiger partial charge in [0.2, 0.25) is 5.43 Å². The van der Waals surface area contributed by atoms with Gasteiger partial charge in [0.1, 0.15) is 11.5 Å². The molecule has 1 saturated carbocycles. The van der Waals surface area contributed by atoms with Crippen LogP contribution in [0.1, 0.15) is 25.0 Å². The molecule has 1 N–H and O–H groups in total. The maximum absolute atomic E-state index is 13.5. The Morgan fingerprint density at radius 2 is 1.78 bits per heavy atom. The molecule has 5 rings (SSSR count). The minimum atomic E-state index is -0.458. The Bertz CT molecular complexity index is 1340. The number of nitrogens with one attached hydrogen (secondary N) is 1. The van der Waals surface area contributed by atoms with E-state index in [-0.39, 0.29) is 11.5 Å². The third kappa shape index (κ3) is 3.75. The minimum Gasteiger partial charge on any atom is -0.453 e. The second-order valence-electron chi connectivity index (χ2n) is 7.96. The smallest absolute Gasteiger partial charge is 0.412 e. The van der Waals surface area contributed by atoms with Gasteiger partial charge in [0.15, 0.2) is 5.58 Å². The van der Waals surface area contributed by atoms with Crippen LogP contribution in [0, 0.1) is 6.92 Å². The van der Waals surface area contributed by atoms with E-state index < -0.39 is 6.09 Å².